The van der Waals surface area contributed by atoms with Crippen LogP contribution in [0.25, 0.3) is 10.4 Å². The second-order valence-electron chi connectivity index (χ2n) is 3.66. The van der Waals surface area contributed by atoms with E-state index in [1.54, 1.807) is 0 Å². The second-order valence-corrected chi connectivity index (χ2v) is 5.24. The molecule has 0 amide bonds. The zero-order chi connectivity index (χ0) is 17.3. The van der Waals surface area contributed by atoms with E-state index < -0.39 is 67.0 Å². The van der Waals surface area contributed by atoms with Crippen LogP contribution in [0.1, 0.15) is 16.7 Å². The maximum absolute atomic E-state index is 12.8. The number of hydrogen-bond acceptors (Lipinski definition) is 1. The van der Waals surface area contributed by atoms with E-state index in [9.17, 15) is 39.5 Å². The molecule has 0 bridgehead atoms. The number of benzene rings is 1. The van der Waals surface area contributed by atoms with Crippen LogP contribution in [0.2, 0.25) is 0 Å². The zero-order valence-electron chi connectivity index (χ0n) is 9.81. The van der Waals surface area contributed by atoms with E-state index in [1.807, 2.05) is 4.91 Å². The molecule has 0 aliphatic rings. The van der Waals surface area contributed by atoms with Gasteiger partial charge in [-0.3, -0.25) is 0 Å². The van der Waals surface area contributed by atoms with E-state index in [0.29, 0.717) is 0 Å². The molecule has 0 unspecified atom stereocenters. The summed E-state index contributed by atoms with van der Waals surface area (Å²) >= 11 is -2.02. The molecule has 0 radical (unpaired) electrons. The topological polar surface area (TPSA) is 48.8 Å². The molecule has 0 N–H and O–H groups in total. The van der Waals surface area contributed by atoms with E-state index >= 15 is 0 Å². The molecule has 3 nitrogen and oxygen atoms in total. The third kappa shape index (κ3) is 4.21. The summed E-state index contributed by atoms with van der Waals surface area (Å²) in [6, 6.07) is -0.863. The van der Waals surface area contributed by atoms with Crippen LogP contribution < -0.4 is 4.46 Å². The van der Waals surface area contributed by atoms with Crippen molar-refractivity contribution < 1.29 is 39.5 Å². The number of rotatable bonds is 2. The molecule has 0 heterocycles. The van der Waals surface area contributed by atoms with Crippen LogP contribution >= 0.6 is 0 Å². The first-order valence-electron chi connectivity index (χ1n) is 4.89. The minimum absolute atomic E-state index is 0.431. The molecular weight excluding hydrogens is 400 g/mol. The summed E-state index contributed by atoms with van der Waals surface area (Å²) in [7, 11) is 0. The Kier molecular flexibility index (Phi) is 4.95. The monoisotopic (exact) mass is 403 g/mol. The van der Waals surface area contributed by atoms with Crippen molar-refractivity contribution in [2.24, 2.45) is 4.13 Å². The molecule has 1 aromatic carbocycles. The van der Waals surface area contributed by atoms with Gasteiger partial charge in [0.05, 0.1) is 0 Å². The Bertz CT molecular complexity index is 575. The number of hydrogen-bond donors (Lipinski definition) is 0. The van der Waals surface area contributed by atoms with Crippen LogP contribution in [0.4, 0.5) is 39.5 Å². The van der Waals surface area contributed by atoms with E-state index in [0.717, 1.165) is 0 Å². The summed E-state index contributed by atoms with van der Waals surface area (Å²) in [4.78, 5) is 2.04. The quantitative estimate of drug-likeness (QED) is 0.233. The molecule has 0 aliphatic heterocycles. The van der Waals surface area contributed by atoms with Crippen molar-refractivity contribution in [3.05, 3.63) is 39.3 Å². The predicted octanol–water partition coefficient (Wildman–Crippen LogP) is 4.30. The fourth-order valence-corrected chi connectivity index (χ4v) is 2.76. The first-order valence-corrected chi connectivity index (χ1v) is 6.51. The molecule has 13 heteroatoms. The molecule has 22 heavy (non-hydrogen) atoms. The van der Waals surface area contributed by atoms with E-state index in [1.165, 1.54) is 0 Å². The van der Waals surface area contributed by atoms with Crippen LogP contribution in [-0.4, -0.2) is 15.2 Å². The Morgan fingerprint density at radius 2 is 1.23 bits per heavy atom. The normalized spacial score (nSPS) is 13.0. The first kappa shape index (κ1) is 18.5. The van der Waals surface area contributed by atoms with Crippen LogP contribution in [0, 0.1) is 0 Å². The molecule has 0 spiro atoms. The van der Waals surface area contributed by atoms with E-state index in [4.69, 9.17) is 5.53 Å². The zero-order valence-corrected chi connectivity index (χ0v) is 11.5. The molecule has 0 saturated heterocycles. The third-order valence-electron chi connectivity index (χ3n) is 2.20. The van der Waals surface area contributed by atoms with Crippen molar-refractivity contribution in [1.82, 2.24) is 0 Å². The van der Waals surface area contributed by atoms with Crippen molar-refractivity contribution >= 4 is 19.6 Å². The van der Waals surface area contributed by atoms with Gasteiger partial charge >= 0.3 is 121 Å². The van der Waals surface area contributed by atoms with Crippen LogP contribution in [0.5, 0.6) is 0 Å². The Morgan fingerprint density at radius 3 is 1.50 bits per heavy atom. The van der Waals surface area contributed by atoms with E-state index in [2.05, 4.69) is 4.13 Å². The third-order valence-corrected chi connectivity index (χ3v) is 3.83. The van der Waals surface area contributed by atoms with Gasteiger partial charge in [-0.15, -0.1) is 0 Å². The molecule has 0 saturated carbocycles. The predicted molar refractivity (Wildman–Crippen MR) is 56.0 cm³/mol. The van der Waals surface area contributed by atoms with Gasteiger partial charge in [-0.05, 0) is 0 Å². The van der Waals surface area contributed by atoms with Gasteiger partial charge in [-0.25, -0.2) is 0 Å². The molecule has 1 aromatic rings. The summed E-state index contributed by atoms with van der Waals surface area (Å²) < 4.78 is 115. The number of halogens is 9. The van der Waals surface area contributed by atoms with Crippen LogP contribution in [0.3, 0.4) is 0 Å². The SMILES string of the molecule is [N-]=[N+]=N[Se]c1c(C(F)(F)F)cc(C(F)(F)F)cc1C(F)(F)F. The van der Waals surface area contributed by atoms with Gasteiger partial charge in [-0.2, -0.15) is 0 Å². The van der Waals surface area contributed by atoms with Gasteiger partial charge in [0.15, 0.2) is 0 Å². The van der Waals surface area contributed by atoms with Crippen LogP contribution in [0.15, 0.2) is 16.3 Å². The molecule has 0 atom stereocenters. The standard InChI is InChI=1S/C9H2F9N3Se/c10-7(11,12)3-1-4(8(13,14)15)6(22-21-20-19)5(2-3)9(16,17)18/h1-2H. The molecular formula is C9H2F9N3Se. The maximum atomic E-state index is 12.8. The van der Waals surface area contributed by atoms with Crippen LogP contribution in [-0.2, 0) is 18.5 Å². The Morgan fingerprint density at radius 1 is 0.818 bits per heavy atom. The summed E-state index contributed by atoms with van der Waals surface area (Å²) in [6.07, 6.45) is -16.3. The molecule has 0 fully saturated rings. The second kappa shape index (κ2) is 5.90. The average molecular weight is 402 g/mol. The summed E-state index contributed by atoms with van der Waals surface area (Å²) in [5.74, 6) is 0. The number of nitrogens with zero attached hydrogens (tertiary/aromatic N) is 3. The van der Waals surface area contributed by atoms with E-state index in [-0.39, 0.29) is 0 Å². The Labute approximate surface area is 122 Å². The summed E-state index contributed by atoms with van der Waals surface area (Å²) in [5.41, 5.74) is 1.69. The molecule has 122 valence electrons. The summed E-state index contributed by atoms with van der Waals surface area (Å²) in [5, 5.41) is 0. The fraction of sp³-hybridized carbons (Fsp3) is 0.333. The Balaban J connectivity index is 3.81. The van der Waals surface area contributed by atoms with Gasteiger partial charge in [-0.1, -0.05) is 0 Å². The van der Waals surface area contributed by atoms with Crippen molar-refractivity contribution in [1.29, 1.82) is 0 Å². The minimum atomic E-state index is -5.47. The summed E-state index contributed by atoms with van der Waals surface area (Å²) in [6.45, 7) is 0. The van der Waals surface area contributed by atoms with Crippen molar-refractivity contribution in [2.45, 2.75) is 18.5 Å². The van der Waals surface area contributed by atoms with Crippen molar-refractivity contribution in [2.75, 3.05) is 0 Å². The van der Waals surface area contributed by atoms with Gasteiger partial charge in [0.25, 0.3) is 0 Å². The Hall–Kier alpha value is -1.58. The van der Waals surface area contributed by atoms with Crippen molar-refractivity contribution in [3.8, 4) is 0 Å². The fourth-order valence-electron chi connectivity index (χ4n) is 1.37. The average Bonchev–Trinajstić information content (AvgIpc) is 2.31. The first-order chi connectivity index (χ1) is 9.78. The van der Waals surface area contributed by atoms with Crippen molar-refractivity contribution in [3.63, 3.8) is 0 Å². The van der Waals surface area contributed by atoms with Gasteiger partial charge in [0.1, 0.15) is 0 Å². The van der Waals surface area contributed by atoms with Gasteiger partial charge in [0, 0.05) is 0 Å². The molecule has 0 aliphatic carbocycles. The number of azide groups is 1. The van der Waals surface area contributed by atoms with Gasteiger partial charge < -0.3 is 0 Å². The number of alkyl halides is 9. The molecule has 1 rings (SSSR count). The molecule has 0 aromatic heterocycles. The van der Waals surface area contributed by atoms with Gasteiger partial charge in [0.2, 0.25) is 0 Å².